The Bertz CT molecular complexity index is 1100. The van der Waals surface area contributed by atoms with Crippen LogP contribution in [0.5, 0.6) is 0 Å². The first-order chi connectivity index (χ1) is 15.4. The largest absolute Gasteiger partial charge is 0.354 e. The van der Waals surface area contributed by atoms with Crippen molar-refractivity contribution in [2.45, 2.75) is 32.9 Å². The van der Waals surface area contributed by atoms with Crippen molar-refractivity contribution in [1.29, 1.82) is 0 Å². The van der Waals surface area contributed by atoms with E-state index >= 15 is 0 Å². The summed E-state index contributed by atoms with van der Waals surface area (Å²) in [6.45, 7) is 3.22. The van der Waals surface area contributed by atoms with Gasteiger partial charge in [0.25, 0.3) is 0 Å². The van der Waals surface area contributed by atoms with Gasteiger partial charge in [-0.2, -0.15) is 0 Å². The number of amides is 2. The zero-order valence-electron chi connectivity index (χ0n) is 18.5. The molecule has 0 radical (unpaired) electrons. The van der Waals surface area contributed by atoms with Gasteiger partial charge < -0.3 is 10.2 Å². The summed E-state index contributed by atoms with van der Waals surface area (Å²) in [5, 5.41) is 2.73. The predicted octanol–water partition coefficient (Wildman–Crippen LogP) is 3.44. The molecule has 2 rings (SSSR count). The normalized spacial score (nSPS) is 12.2. The maximum absolute atomic E-state index is 13.7. The number of hydrogen-bond donors (Lipinski definition) is 1. The first kappa shape index (κ1) is 26.7. The van der Waals surface area contributed by atoms with Gasteiger partial charge in [-0.1, -0.05) is 35.0 Å². The minimum absolute atomic E-state index is 0.0439. The van der Waals surface area contributed by atoms with Crippen LogP contribution in [0.3, 0.4) is 0 Å². The molecule has 1 atom stereocenters. The third-order valence-electron chi connectivity index (χ3n) is 4.85. The molecule has 1 N–H and O–H groups in total. The van der Waals surface area contributed by atoms with E-state index in [-0.39, 0.29) is 18.1 Å². The fourth-order valence-corrected chi connectivity index (χ4v) is 4.12. The minimum Gasteiger partial charge on any atom is -0.354 e. The monoisotopic (exact) mass is 545 g/mol. The number of benzene rings is 2. The zero-order valence-corrected chi connectivity index (χ0v) is 20.9. The number of halogens is 3. The summed E-state index contributed by atoms with van der Waals surface area (Å²) in [5.41, 5.74) is 0.525. The summed E-state index contributed by atoms with van der Waals surface area (Å²) in [4.78, 5) is 27.1. The fourth-order valence-electron chi connectivity index (χ4n) is 3.02. The second-order valence-electron chi connectivity index (χ2n) is 7.48. The molecule has 7 nitrogen and oxygen atoms in total. The van der Waals surface area contributed by atoms with Crippen molar-refractivity contribution in [1.82, 2.24) is 10.2 Å². The molecule has 0 fully saturated rings. The Morgan fingerprint density at radius 3 is 2.27 bits per heavy atom. The standard InChI is InChI=1S/C22H26BrF2N3O4S/c1-4-11-26-22(30)15(2)27(13-16-5-7-17(23)8-6-16)21(29)14-28(33(3,31)32)18-9-10-19(24)20(25)12-18/h5-10,12,15H,4,11,13-14H2,1-3H3,(H,26,30)/t15-/m0/s1. The lowest BCUT2D eigenvalue weighted by Crippen LogP contribution is -2.51. The fraction of sp³-hybridized carbons (Fsp3) is 0.364. The molecule has 0 bridgehead atoms. The van der Waals surface area contributed by atoms with Gasteiger partial charge in [0, 0.05) is 23.6 Å². The van der Waals surface area contributed by atoms with Crippen molar-refractivity contribution >= 4 is 43.5 Å². The second kappa shape index (κ2) is 11.6. The first-order valence-corrected chi connectivity index (χ1v) is 12.8. The SMILES string of the molecule is CCCNC(=O)[C@H](C)N(Cc1ccc(Br)cc1)C(=O)CN(c1ccc(F)c(F)c1)S(C)(=O)=O. The maximum atomic E-state index is 13.7. The van der Waals surface area contributed by atoms with Gasteiger partial charge in [-0.25, -0.2) is 17.2 Å². The van der Waals surface area contributed by atoms with E-state index in [4.69, 9.17) is 0 Å². The topological polar surface area (TPSA) is 86.8 Å². The average molecular weight is 546 g/mol. The average Bonchev–Trinajstić information content (AvgIpc) is 2.76. The molecule has 2 aromatic rings. The summed E-state index contributed by atoms with van der Waals surface area (Å²) in [6.07, 6.45) is 1.56. The van der Waals surface area contributed by atoms with E-state index in [1.54, 1.807) is 31.2 Å². The number of nitrogens with one attached hydrogen (secondary N) is 1. The Morgan fingerprint density at radius 2 is 1.73 bits per heavy atom. The first-order valence-electron chi connectivity index (χ1n) is 10.2. The molecular formula is C22H26BrF2N3O4S. The zero-order chi connectivity index (χ0) is 24.8. The molecule has 33 heavy (non-hydrogen) atoms. The maximum Gasteiger partial charge on any atom is 0.244 e. The van der Waals surface area contributed by atoms with Crippen LogP contribution in [0.2, 0.25) is 0 Å². The molecule has 2 aromatic carbocycles. The number of carbonyl (C=O) groups is 2. The molecule has 0 spiro atoms. The number of nitrogens with zero attached hydrogens (tertiary/aromatic N) is 2. The summed E-state index contributed by atoms with van der Waals surface area (Å²) in [7, 11) is -4.02. The highest BCUT2D eigenvalue weighted by molar-refractivity contribution is 9.10. The predicted molar refractivity (Wildman–Crippen MR) is 126 cm³/mol. The lowest BCUT2D eigenvalue weighted by atomic mass is 10.1. The Labute approximate surface area is 200 Å². The van der Waals surface area contributed by atoms with Gasteiger partial charge in [-0.05, 0) is 43.2 Å². The van der Waals surface area contributed by atoms with Crippen LogP contribution in [0.1, 0.15) is 25.8 Å². The van der Waals surface area contributed by atoms with Crippen LogP contribution >= 0.6 is 15.9 Å². The van der Waals surface area contributed by atoms with Crippen LogP contribution < -0.4 is 9.62 Å². The summed E-state index contributed by atoms with van der Waals surface area (Å²) < 4.78 is 53.4. The van der Waals surface area contributed by atoms with Gasteiger partial charge in [0.2, 0.25) is 21.8 Å². The smallest absolute Gasteiger partial charge is 0.244 e. The highest BCUT2D eigenvalue weighted by Crippen LogP contribution is 2.22. The third-order valence-corrected chi connectivity index (χ3v) is 6.52. The van der Waals surface area contributed by atoms with E-state index in [2.05, 4.69) is 21.2 Å². The lowest BCUT2D eigenvalue weighted by molar-refractivity contribution is -0.139. The second-order valence-corrected chi connectivity index (χ2v) is 10.3. The molecule has 2 amide bonds. The molecule has 0 aliphatic carbocycles. The Balaban J connectivity index is 2.38. The molecule has 0 aromatic heterocycles. The number of rotatable bonds is 10. The molecule has 11 heteroatoms. The molecule has 0 saturated heterocycles. The van der Waals surface area contributed by atoms with Gasteiger partial charge in [-0.15, -0.1) is 0 Å². The minimum atomic E-state index is -4.02. The van der Waals surface area contributed by atoms with Gasteiger partial charge >= 0.3 is 0 Å². The van der Waals surface area contributed by atoms with Crippen LogP contribution in [0.25, 0.3) is 0 Å². The molecular weight excluding hydrogens is 520 g/mol. The van der Waals surface area contributed by atoms with Crippen LogP contribution in [0, 0.1) is 11.6 Å². The molecule has 0 aliphatic rings. The molecule has 180 valence electrons. The van der Waals surface area contributed by atoms with E-state index in [1.165, 1.54) is 4.90 Å². The lowest BCUT2D eigenvalue weighted by Gasteiger charge is -2.31. The number of anilines is 1. The van der Waals surface area contributed by atoms with Gasteiger partial charge in [-0.3, -0.25) is 13.9 Å². The Morgan fingerprint density at radius 1 is 1.09 bits per heavy atom. The molecule has 0 unspecified atom stereocenters. The van der Waals surface area contributed by atoms with Crippen molar-refractivity contribution < 1.29 is 26.8 Å². The van der Waals surface area contributed by atoms with Crippen molar-refractivity contribution in [2.75, 3.05) is 23.7 Å². The van der Waals surface area contributed by atoms with E-state index in [1.807, 2.05) is 6.92 Å². The highest BCUT2D eigenvalue weighted by atomic mass is 79.9. The van der Waals surface area contributed by atoms with Gasteiger partial charge in [0.15, 0.2) is 11.6 Å². The van der Waals surface area contributed by atoms with Crippen LogP contribution in [0.15, 0.2) is 46.9 Å². The van der Waals surface area contributed by atoms with E-state index < -0.39 is 40.2 Å². The van der Waals surface area contributed by atoms with Crippen LogP contribution in [0.4, 0.5) is 14.5 Å². The van der Waals surface area contributed by atoms with Crippen LogP contribution in [-0.4, -0.2) is 50.5 Å². The number of hydrogen-bond acceptors (Lipinski definition) is 4. The van der Waals surface area contributed by atoms with Crippen molar-refractivity contribution in [3.8, 4) is 0 Å². The quantitative estimate of drug-likeness (QED) is 0.495. The summed E-state index contributed by atoms with van der Waals surface area (Å²) in [5.74, 6) is -3.45. The molecule has 0 heterocycles. The molecule has 0 saturated carbocycles. The number of carbonyl (C=O) groups excluding carboxylic acids is 2. The number of sulfonamides is 1. The Kier molecular flexibility index (Phi) is 9.35. The Hall–Kier alpha value is -2.53. The van der Waals surface area contributed by atoms with E-state index in [0.717, 1.165) is 28.4 Å². The molecule has 0 aliphatic heterocycles. The third kappa shape index (κ3) is 7.50. The van der Waals surface area contributed by atoms with Crippen molar-refractivity contribution in [3.63, 3.8) is 0 Å². The van der Waals surface area contributed by atoms with E-state index in [9.17, 15) is 26.8 Å². The van der Waals surface area contributed by atoms with Crippen molar-refractivity contribution in [3.05, 3.63) is 64.1 Å². The summed E-state index contributed by atoms with van der Waals surface area (Å²) >= 11 is 3.34. The highest BCUT2D eigenvalue weighted by Gasteiger charge is 2.30. The van der Waals surface area contributed by atoms with Gasteiger partial charge in [0.05, 0.1) is 11.9 Å². The van der Waals surface area contributed by atoms with Crippen molar-refractivity contribution in [2.24, 2.45) is 0 Å². The summed E-state index contributed by atoms with van der Waals surface area (Å²) in [6, 6.07) is 8.76. The van der Waals surface area contributed by atoms with E-state index in [0.29, 0.717) is 23.3 Å². The van der Waals surface area contributed by atoms with Crippen LogP contribution in [-0.2, 0) is 26.2 Å². The van der Waals surface area contributed by atoms with Gasteiger partial charge in [0.1, 0.15) is 12.6 Å².